The molecule has 1 aliphatic rings. The minimum Gasteiger partial charge on any atom is -0.371 e. The third kappa shape index (κ3) is 1.43. The normalized spacial score (nSPS) is 31.1. The summed E-state index contributed by atoms with van der Waals surface area (Å²) in [6.07, 6.45) is 2.60. The number of carbonyl (C=O) groups excluding carboxylic acids is 1. The van der Waals surface area contributed by atoms with E-state index in [1.54, 1.807) is 13.0 Å². The first-order chi connectivity index (χ1) is 5.08. The van der Waals surface area contributed by atoms with E-state index in [0.29, 0.717) is 19.4 Å². The molecule has 1 amide bonds. The van der Waals surface area contributed by atoms with E-state index in [4.69, 9.17) is 0 Å². The number of carbonyl (C=O) groups is 1. The van der Waals surface area contributed by atoms with Gasteiger partial charge in [-0.05, 0) is 6.92 Å². The van der Waals surface area contributed by atoms with Crippen LogP contribution >= 0.6 is 0 Å². The summed E-state index contributed by atoms with van der Waals surface area (Å²) in [7, 11) is 0. The highest BCUT2D eigenvalue weighted by atomic mass is 16.3. The molecule has 1 fully saturated rings. The van der Waals surface area contributed by atoms with Crippen molar-refractivity contribution >= 4 is 5.91 Å². The van der Waals surface area contributed by atoms with Crippen LogP contribution in [0.1, 0.15) is 19.8 Å². The zero-order valence-electron chi connectivity index (χ0n) is 6.71. The molecule has 1 saturated heterocycles. The molecule has 3 heteroatoms. The number of hydrogen-bond donors (Lipinski definition) is 1. The molecular weight excluding hydrogens is 142 g/mol. The number of nitrogens with zero attached hydrogens (tertiary/aromatic N) is 1. The summed E-state index contributed by atoms with van der Waals surface area (Å²) in [4.78, 5) is 12.5. The maximum atomic E-state index is 11.1. The van der Waals surface area contributed by atoms with Gasteiger partial charge in [-0.1, -0.05) is 6.08 Å². The third-order valence-corrected chi connectivity index (χ3v) is 2.01. The van der Waals surface area contributed by atoms with Crippen molar-refractivity contribution in [3.05, 3.63) is 12.7 Å². The van der Waals surface area contributed by atoms with Crippen LogP contribution in [-0.2, 0) is 4.79 Å². The summed E-state index contributed by atoms with van der Waals surface area (Å²) in [5.74, 6) is 0.00917. The van der Waals surface area contributed by atoms with Gasteiger partial charge in [0.05, 0.1) is 0 Å². The molecule has 0 aromatic rings. The van der Waals surface area contributed by atoms with Gasteiger partial charge >= 0.3 is 0 Å². The fourth-order valence-corrected chi connectivity index (χ4v) is 1.31. The van der Waals surface area contributed by atoms with Gasteiger partial charge in [0, 0.05) is 19.4 Å². The molecule has 1 atom stereocenters. The molecule has 1 aliphatic heterocycles. The summed E-state index contributed by atoms with van der Waals surface area (Å²) < 4.78 is 0. The monoisotopic (exact) mass is 155 g/mol. The number of hydrogen-bond acceptors (Lipinski definition) is 2. The van der Waals surface area contributed by atoms with Crippen LogP contribution in [0.5, 0.6) is 0 Å². The number of rotatable bonds is 2. The Kier molecular flexibility index (Phi) is 2.00. The van der Waals surface area contributed by atoms with Crippen molar-refractivity contribution in [3.63, 3.8) is 0 Å². The maximum absolute atomic E-state index is 11.1. The van der Waals surface area contributed by atoms with Gasteiger partial charge in [0.25, 0.3) is 0 Å². The van der Waals surface area contributed by atoms with Crippen LogP contribution in [0.3, 0.4) is 0 Å². The van der Waals surface area contributed by atoms with E-state index in [9.17, 15) is 9.90 Å². The minimum atomic E-state index is -0.953. The van der Waals surface area contributed by atoms with Crippen LogP contribution in [0.25, 0.3) is 0 Å². The van der Waals surface area contributed by atoms with Crippen LogP contribution in [0.2, 0.25) is 0 Å². The SMILES string of the molecule is C=CCN1C(=O)CCC1(C)O. The highest BCUT2D eigenvalue weighted by Crippen LogP contribution is 2.26. The maximum Gasteiger partial charge on any atom is 0.225 e. The van der Waals surface area contributed by atoms with Crippen molar-refractivity contribution < 1.29 is 9.90 Å². The number of amides is 1. The predicted octanol–water partition coefficient (Wildman–Crippen LogP) is 0.503. The van der Waals surface area contributed by atoms with Crippen LogP contribution in [0.15, 0.2) is 12.7 Å². The van der Waals surface area contributed by atoms with E-state index in [1.807, 2.05) is 0 Å². The van der Waals surface area contributed by atoms with Crippen molar-refractivity contribution in [3.8, 4) is 0 Å². The Hall–Kier alpha value is -0.830. The van der Waals surface area contributed by atoms with E-state index in [1.165, 1.54) is 4.90 Å². The molecule has 0 bridgehead atoms. The highest BCUT2D eigenvalue weighted by molar-refractivity contribution is 5.79. The van der Waals surface area contributed by atoms with E-state index in [2.05, 4.69) is 6.58 Å². The van der Waals surface area contributed by atoms with Gasteiger partial charge < -0.3 is 10.0 Å². The van der Waals surface area contributed by atoms with Crippen molar-refractivity contribution in [2.45, 2.75) is 25.5 Å². The fourth-order valence-electron chi connectivity index (χ4n) is 1.31. The molecule has 3 nitrogen and oxygen atoms in total. The molecule has 1 rings (SSSR count). The first kappa shape index (κ1) is 8.27. The van der Waals surface area contributed by atoms with Gasteiger partial charge in [0.2, 0.25) is 5.91 Å². The summed E-state index contributed by atoms with van der Waals surface area (Å²) in [5.41, 5.74) is -0.953. The lowest BCUT2D eigenvalue weighted by Gasteiger charge is -2.28. The second-order valence-electron chi connectivity index (χ2n) is 3.01. The first-order valence-electron chi connectivity index (χ1n) is 3.71. The molecule has 1 unspecified atom stereocenters. The molecule has 62 valence electrons. The van der Waals surface area contributed by atoms with E-state index in [-0.39, 0.29) is 5.91 Å². The van der Waals surface area contributed by atoms with Gasteiger partial charge in [-0.15, -0.1) is 6.58 Å². The minimum absolute atomic E-state index is 0.00917. The molecule has 0 spiro atoms. The number of aliphatic hydroxyl groups is 1. The van der Waals surface area contributed by atoms with Crippen LogP contribution in [-0.4, -0.2) is 28.2 Å². The average Bonchev–Trinajstić information content (AvgIpc) is 2.16. The largest absolute Gasteiger partial charge is 0.371 e. The molecule has 11 heavy (non-hydrogen) atoms. The Balaban J connectivity index is 2.71. The molecule has 0 aromatic heterocycles. The molecule has 0 radical (unpaired) electrons. The zero-order valence-corrected chi connectivity index (χ0v) is 6.71. The Morgan fingerprint density at radius 3 is 2.91 bits per heavy atom. The fraction of sp³-hybridized carbons (Fsp3) is 0.625. The topological polar surface area (TPSA) is 40.5 Å². The molecule has 0 aromatic carbocycles. The van der Waals surface area contributed by atoms with Gasteiger partial charge in [-0.2, -0.15) is 0 Å². The lowest BCUT2D eigenvalue weighted by atomic mass is 10.2. The predicted molar refractivity (Wildman–Crippen MR) is 41.8 cm³/mol. The van der Waals surface area contributed by atoms with Crippen molar-refractivity contribution in [2.24, 2.45) is 0 Å². The summed E-state index contributed by atoms with van der Waals surface area (Å²) in [6.45, 7) is 5.61. The number of likely N-dealkylation sites (tertiary alicyclic amines) is 1. The smallest absolute Gasteiger partial charge is 0.225 e. The Morgan fingerprint density at radius 1 is 1.91 bits per heavy atom. The van der Waals surface area contributed by atoms with E-state index >= 15 is 0 Å². The summed E-state index contributed by atoms with van der Waals surface area (Å²) in [6, 6.07) is 0. The summed E-state index contributed by atoms with van der Waals surface area (Å²) in [5, 5.41) is 9.61. The first-order valence-corrected chi connectivity index (χ1v) is 3.71. The quantitative estimate of drug-likeness (QED) is 0.590. The highest BCUT2D eigenvalue weighted by Gasteiger charge is 2.38. The Morgan fingerprint density at radius 2 is 2.55 bits per heavy atom. The van der Waals surface area contributed by atoms with E-state index in [0.717, 1.165) is 0 Å². The van der Waals surface area contributed by atoms with Crippen LogP contribution < -0.4 is 0 Å². The molecule has 0 saturated carbocycles. The average molecular weight is 155 g/mol. The second-order valence-corrected chi connectivity index (χ2v) is 3.01. The molecule has 1 N–H and O–H groups in total. The Labute approximate surface area is 66.3 Å². The van der Waals surface area contributed by atoms with Gasteiger partial charge in [-0.3, -0.25) is 4.79 Å². The second kappa shape index (κ2) is 2.66. The lowest BCUT2D eigenvalue weighted by molar-refractivity contribution is -0.140. The van der Waals surface area contributed by atoms with Crippen molar-refractivity contribution in [2.75, 3.05) is 6.54 Å². The molecular formula is C8H13NO2. The van der Waals surface area contributed by atoms with Gasteiger partial charge in [0.1, 0.15) is 5.72 Å². The van der Waals surface area contributed by atoms with Gasteiger partial charge in [0.15, 0.2) is 0 Å². The Bertz CT molecular complexity index is 187. The molecule has 1 heterocycles. The van der Waals surface area contributed by atoms with Crippen molar-refractivity contribution in [1.29, 1.82) is 0 Å². The van der Waals surface area contributed by atoms with Crippen LogP contribution in [0.4, 0.5) is 0 Å². The zero-order chi connectivity index (χ0) is 8.48. The van der Waals surface area contributed by atoms with E-state index < -0.39 is 5.72 Å². The van der Waals surface area contributed by atoms with Gasteiger partial charge in [-0.25, -0.2) is 0 Å². The third-order valence-electron chi connectivity index (χ3n) is 2.01. The lowest BCUT2D eigenvalue weighted by Crippen LogP contribution is -2.43. The summed E-state index contributed by atoms with van der Waals surface area (Å²) >= 11 is 0. The van der Waals surface area contributed by atoms with Crippen LogP contribution in [0, 0.1) is 0 Å². The standard InChI is InChI=1S/C8H13NO2/c1-3-6-9-7(10)4-5-8(9,2)11/h3,11H,1,4-6H2,2H3. The molecule has 0 aliphatic carbocycles. The van der Waals surface area contributed by atoms with Crippen molar-refractivity contribution in [1.82, 2.24) is 4.90 Å².